The van der Waals surface area contributed by atoms with Crippen LogP contribution in [0.2, 0.25) is 0 Å². The van der Waals surface area contributed by atoms with Gasteiger partial charge in [0, 0.05) is 19.0 Å². The summed E-state index contributed by atoms with van der Waals surface area (Å²) in [7, 11) is 0. The van der Waals surface area contributed by atoms with Crippen molar-refractivity contribution in [2.75, 3.05) is 25.0 Å². The Morgan fingerprint density at radius 3 is 3.00 bits per heavy atom. The quantitative estimate of drug-likeness (QED) is 0.851. The van der Waals surface area contributed by atoms with Crippen molar-refractivity contribution in [3.8, 4) is 0 Å². The molecule has 1 aliphatic rings. The van der Waals surface area contributed by atoms with E-state index >= 15 is 0 Å². The Hall–Kier alpha value is -1.46. The van der Waals surface area contributed by atoms with E-state index in [-0.39, 0.29) is 24.2 Å². The number of carbonyl (C=O) groups is 1. The summed E-state index contributed by atoms with van der Waals surface area (Å²) in [5.74, 6) is -0.626. The standard InChI is InChI=1S/C14H19FN2O2/c15-12-5-1-2-6-13(12)16-14(19)7-9-17-8-3-4-11(17)10-18/h1-2,5-6,11,18H,3-4,7-10H2,(H,16,19). The molecule has 0 spiro atoms. The molecule has 1 aromatic rings. The second-order valence-corrected chi connectivity index (χ2v) is 4.79. The maximum Gasteiger partial charge on any atom is 0.225 e. The first-order chi connectivity index (χ1) is 9.20. The van der Waals surface area contributed by atoms with Crippen molar-refractivity contribution in [3.63, 3.8) is 0 Å². The van der Waals surface area contributed by atoms with Crippen molar-refractivity contribution in [2.45, 2.75) is 25.3 Å². The summed E-state index contributed by atoms with van der Waals surface area (Å²) in [6.45, 7) is 1.65. The molecule has 1 saturated heterocycles. The van der Waals surface area contributed by atoms with E-state index < -0.39 is 5.82 Å². The summed E-state index contributed by atoms with van der Waals surface area (Å²) < 4.78 is 13.3. The Kier molecular flexibility index (Phi) is 4.87. The highest BCUT2D eigenvalue weighted by Gasteiger charge is 2.23. The fraction of sp³-hybridized carbons (Fsp3) is 0.500. The van der Waals surface area contributed by atoms with Crippen LogP contribution in [0, 0.1) is 5.82 Å². The molecule has 1 aliphatic heterocycles. The van der Waals surface area contributed by atoms with Crippen molar-refractivity contribution < 1.29 is 14.3 Å². The van der Waals surface area contributed by atoms with Gasteiger partial charge in [-0.1, -0.05) is 12.1 Å². The molecule has 2 N–H and O–H groups in total. The third-order valence-electron chi connectivity index (χ3n) is 3.48. The van der Waals surface area contributed by atoms with Crippen LogP contribution >= 0.6 is 0 Å². The van der Waals surface area contributed by atoms with E-state index in [4.69, 9.17) is 0 Å². The molecule has 19 heavy (non-hydrogen) atoms. The Morgan fingerprint density at radius 1 is 1.47 bits per heavy atom. The monoisotopic (exact) mass is 266 g/mol. The molecule has 1 aromatic carbocycles. The summed E-state index contributed by atoms with van der Waals surface area (Å²) >= 11 is 0. The predicted molar refractivity (Wildman–Crippen MR) is 71.3 cm³/mol. The Labute approximate surface area is 112 Å². The maximum absolute atomic E-state index is 13.3. The van der Waals surface area contributed by atoms with Crippen molar-refractivity contribution in [3.05, 3.63) is 30.1 Å². The van der Waals surface area contributed by atoms with E-state index in [0.717, 1.165) is 19.4 Å². The number of halogens is 1. The molecular weight excluding hydrogens is 247 g/mol. The van der Waals surface area contributed by atoms with Gasteiger partial charge in [-0.25, -0.2) is 4.39 Å². The fourth-order valence-electron chi connectivity index (χ4n) is 2.42. The third kappa shape index (κ3) is 3.75. The van der Waals surface area contributed by atoms with Crippen LogP contribution in [0.25, 0.3) is 0 Å². The van der Waals surface area contributed by atoms with Crippen LogP contribution in [0.15, 0.2) is 24.3 Å². The largest absolute Gasteiger partial charge is 0.395 e. The van der Waals surface area contributed by atoms with Crippen LogP contribution in [-0.4, -0.2) is 41.7 Å². The van der Waals surface area contributed by atoms with Crippen LogP contribution in [0.1, 0.15) is 19.3 Å². The number of nitrogens with zero attached hydrogens (tertiary/aromatic N) is 1. The molecule has 0 saturated carbocycles. The summed E-state index contributed by atoms with van der Waals surface area (Å²) in [5.41, 5.74) is 0.215. The number of aliphatic hydroxyl groups is 1. The minimum atomic E-state index is -0.426. The number of hydrogen-bond donors (Lipinski definition) is 2. The van der Waals surface area contributed by atoms with Gasteiger partial charge in [0.25, 0.3) is 0 Å². The van der Waals surface area contributed by atoms with Gasteiger partial charge in [-0.3, -0.25) is 9.69 Å². The second kappa shape index (κ2) is 6.63. The molecule has 0 radical (unpaired) electrons. The van der Waals surface area contributed by atoms with Gasteiger partial charge in [0.15, 0.2) is 0 Å². The van der Waals surface area contributed by atoms with Gasteiger partial charge in [-0.2, -0.15) is 0 Å². The molecule has 5 heteroatoms. The van der Waals surface area contributed by atoms with Crippen molar-refractivity contribution in [1.29, 1.82) is 0 Å². The average molecular weight is 266 g/mol. The molecular formula is C14H19FN2O2. The van der Waals surface area contributed by atoms with Gasteiger partial charge >= 0.3 is 0 Å². The van der Waals surface area contributed by atoms with Crippen LogP contribution in [0.5, 0.6) is 0 Å². The van der Waals surface area contributed by atoms with Gasteiger partial charge in [0.05, 0.1) is 12.3 Å². The smallest absolute Gasteiger partial charge is 0.225 e. The van der Waals surface area contributed by atoms with E-state index in [1.807, 2.05) is 0 Å². The van der Waals surface area contributed by atoms with Gasteiger partial charge in [-0.15, -0.1) is 0 Å². The van der Waals surface area contributed by atoms with Crippen molar-refractivity contribution in [1.82, 2.24) is 4.90 Å². The van der Waals surface area contributed by atoms with Gasteiger partial charge < -0.3 is 10.4 Å². The molecule has 1 unspecified atom stereocenters. The summed E-state index contributed by atoms with van der Waals surface area (Å²) in [5, 5.41) is 11.7. The highest BCUT2D eigenvalue weighted by Crippen LogP contribution is 2.17. The fourth-order valence-corrected chi connectivity index (χ4v) is 2.42. The predicted octanol–water partition coefficient (Wildman–Crippen LogP) is 1.61. The van der Waals surface area contributed by atoms with E-state index in [9.17, 15) is 14.3 Å². The zero-order valence-corrected chi connectivity index (χ0v) is 10.8. The van der Waals surface area contributed by atoms with Crippen LogP contribution in [0.4, 0.5) is 10.1 Å². The first kappa shape index (κ1) is 14.0. The van der Waals surface area contributed by atoms with Crippen LogP contribution in [-0.2, 0) is 4.79 Å². The number of anilines is 1. The zero-order chi connectivity index (χ0) is 13.7. The molecule has 0 bridgehead atoms. The maximum atomic E-state index is 13.3. The first-order valence-corrected chi connectivity index (χ1v) is 6.60. The van der Waals surface area contributed by atoms with Gasteiger partial charge in [-0.05, 0) is 31.5 Å². The lowest BCUT2D eigenvalue weighted by Crippen LogP contribution is -2.34. The molecule has 104 valence electrons. The van der Waals surface area contributed by atoms with Crippen molar-refractivity contribution >= 4 is 11.6 Å². The number of rotatable bonds is 5. The minimum Gasteiger partial charge on any atom is -0.395 e. The lowest BCUT2D eigenvalue weighted by molar-refractivity contribution is -0.116. The number of amides is 1. The molecule has 0 aromatic heterocycles. The lowest BCUT2D eigenvalue weighted by atomic mass is 10.2. The van der Waals surface area contributed by atoms with Gasteiger partial charge in [0.1, 0.15) is 5.82 Å². The lowest BCUT2D eigenvalue weighted by Gasteiger charge is -2.22. The van der Waals surface area contributed by atoms with Crippen molar-refractivity contribution in [2.24, 2.45) is 0 Å². The minimum absolute atomic E-state index is 0.134. The van der Waals surface area contributed by atoms with E-state index in [1.165, 1.54) is 6.07 Å². The zero-order valence-electron chi connectivity index (χ0n) is 10.8. The highest BCUT2D eigenvalue weighted by atomic mass is 19.1. The number of carbonyl (C=O) groups excluding carboxylic acids is 1. The molecule has 1 heterocycles. The Morgan fingerprint density at radius 2 is 2.26 bits per heavy atom. The molecule has 1 fully saturated rings. The molecule has 4 nitrogen and oxygen atoms in total. The van der Waals surface area contributed by atoms with E-state index in [2.05, 4.69) is 10.2 Å². The highest BCUT2D eigenvalue weighted by molar-refractivity contribution is 5.90. The average Bonchev–Trinajstić information content (AvgIpc) is 2.86. The molecule has 2 rings (SSSR count). The van der Waals surface area contributed by atoms with E-state index in [1.54, 1.807) is 18.2 Å². The Balaban J connectivity index is 1.80. The molecule has 1 amide bonds. The number of hydrogen-bond acceptors (Lipinski definition) is 3. The van der Waals surface area contributed by atoms with Crippen LogP contribution < -0.4 is 5.32 Å². The topological polar surface area (TPSA) is 52.6 Å². The van der Waals surface area contributed by atoms with Crippen LogP contribution in [0.3, 0.4) is 0 Å². The van der Waals surface area contributed by atoms with Gasteiger partial charge in [0.2, 0.25) is 5.91 Å². The SMILES string of the molecule is O=C(CCN1CCCC1CO)Nc1ccccc1F. The second-order valence-electron chi connectivity index (χ2n) is 4.79. The number of aliphatic hydroxyl groups excluding tert-OH is 1. The number of likely N-dealkylation sites (tertiary alicyclic amines) is 1. The first-order valence-electron chi connectivity index (χ1n) is 6.60. The summed E-state index contributed by atoms with van der Waals surface area (Å²) in [6, 6.07) is 6.29. The summed E-state index contributed by atoms with van der Waals surface area (Å²) in [4.78, 5) is 13.9. The number of benzene rings is 1. The third-order valence-corrected chi connectivity index (χ3v) is 3.48. The molecule has 0 aliphatic carbocycles. The van der Waals surface area contributed by atoms with E-state index in [0.29, 0.717) is 13.0 Å². The number of nitrogens with one attached hydrogen (secondary N) is 1. The Bertz CT molecular complexity index is 439. The summed E-state index contributed by atoms with van der Waals surface area (Å²) in [6.07, 6.45) is 2.34. The normalized spacial score (nSPS) is 19.6. The molecule has 1 atom stereocenters. The number of para-hydroxylation sites is 1.